The number of carbonyl (C=O) groups is 1. The number of nitrogens with one attached hydrogen (secondary N) is 1. The van der Waals surface area contributed by atoms with Gasteiger partial charge in [-0.3, -0.25) is 4.79 Å². The number of ether oxygens (including phenoxy) is 2. The van der Waals surface area contributed by atoms with Gasteiger partial charge in [0.1, 0.15) is 0 Å². The highest BCUT2D eigenvalue weighted by molar-refractivity contribution is 7.89. The number of rotatable bonds is 9. The molecule has 0 atom stereocenters. The molecule has 0 saturated heterocycles. The van der Waals surface area contributed by atoms with Crippen molar-refractivity contribution >= 4 is 27.3 Å². The number of hydrogen-bond donors (Lipinski definition) is 1. The predicted molar refractivity (Wildman–Crippen MR) is 130 cm³/mol. The molecule has 33 heavy (non-hydrogen) atoms. The maximum Gasteiger partial charge on any atom is 0.243 e. The molecular weight excluding hydrogens is 442 g/mol. The van der Waals surface area contributed by atoms with E-state index < -0.39 is 10.0 Å². The molecule has 1 saturated carbocycles. The van der Waals surface area contributed by atoms with Crippen LogP contribution in [0.5, 0.6) is 11.5 Å². The summed E-state index contributed by atoms with van der Waals surface area (Å²) < 4.78 is 38.0. The van der Waals surface area contributed by atoms with E-state index in [1.54, 1.807) is 69.6 Å². The Bertz CT molecular complexity index is 1050. The molecule has 1 N–H and O–H groups in total. The second kappa shape index (κ2) is 10.9. The van der Waals surface area contributed by atoms with Crippen molar-refractivity contribution in [2.45, 2.75) is 43.0 Å². The Morgan fingerprint density at radius 2 is 1.61 bits per heavy atom. The Morgan fingerprint density at radius 1 is 0.970 bits per heavy atom. The van der Waals surface area contributed by atoms with Gasteiger partial charge in [0.15, 0.2) is 11.5 Å². The van der Waals surface area contributed by atoms with Crippen LogP contribution in [-0.4, -0.2) is 59.5 Å². The van der Waals surface area contributed by atoms with Crippen LogP contribution in [0.2, 0.25) is 0 Å². The van der Waals surface area contributed by atoms with Gasteiger partial charge in [0, 0.05) is 37.6 Å². The second-order valence-corrected chi connectivity index (χ2v) is 10.3. The van der Waals surface area contributed by atoms with Crippen LogP contribution in [0.4, 0.5) is 11.4 Å². The van der Waals surface area contributed by atoms with E-state index in [1.165, 1.54) is 10.7 Å². The summed E-state index contributed by atoms with van der Waals surface area (Å²) in [7, 11) is 3.03. The third-order valence-corrected chi connectivity index (χ3v) is 8.02. The fourth-order valence-corrected chi connectivity index (χ4v) is 5.50. The minimum absolute atomic E-state index is 0.0512. The zero-order valence-corrected chi connectivity index (χ0v) is 20.5. The van der Waals surface area contributed by atoms with Gasteiger partial charge >= 0.3 is 0 Å². The van der Waals surface area contributed by atoms with E-state index >= 15 is 0 Å². The number of benzene rings is 2. The summed E-state index contributed by atoms with van der Waals surface area (Å²) in [5, 5.41) is 2.82. The average molecular weight is 476 g/mol. The molecule has 1 aliphatic rings. The van der Waals surface area contributed by atoms with Crippen LogP contribution in [0.1, 0.15) is 32.1 Å². The molecule has 1 aliphatic carbocycles. The summed E-state index contributed by atoms with van der Waals surface area (Å²) in [6.07, 6.45) is 5.09. The molecule has 0 aromatic heterocycles. The molecule has 1 amide bonds. The van der Waals surface area contributed by atoms with Crippen LogP contribution in [0, 0.1) is 0 Å². The summed E-state index contributed by atoms with van der Waals surface area (Å²) in [5.74, 6) is 0.975. The molecule has 8 nitrogen and oxygen atoms in total. The maximum atomic E-state index is 13.0. The van der Waals surface area contributed by atoms with E-state index in [2.05, 4.69) is 5.32 Å². The lowest BCUT2D eigenvalue weighted by Gasteiger charge is -2.30. The van der Waals surface area contributed by atoms with Crippen molar-refractivity contribution in [3.8, 4) is 11.5 Å². The Labute approximate surface area is 196 Å². The normalized spacial score (nSPS) is 14.7. The molecule has 2 aromatic rings. The largest absolute Gasteiger partial charge is 0.493 e. The minimum atomic E-state index is -3.56. The summed E-state index contributed by atoms with van der Waals surface area (Å²) in [6, 6.07) is 11.8. The van der Waals surface area contributed by atoms with E-state index in [-0.39, 0.29) is 23.4 Å². The van der Waals surface area contributed by atoms with Gasteiger partial charge in [-0.1, -0.05) is 19.3 Å². The quantitative estimate of drug-likeness (QED) is 0.595. The molecule has 0 unspecified atom stereocenters. The van der Waals surface area contributed by atoms with E-state index in [1.807, 2.05) is 6.07 Å². The standard InChI is InChI=1S/C24H33N3O5S/c1-26(20-12-15-22(31-3)23(16-20)32-4)17-24(28)25-18-10-13-21(14-11-18)33(29,30)27(2)19-8-6-5-7-9-19/h10-16,19H,5-9,17H2,1-4H3,(H,25,28). The van der Waals surface area contributed by atoms with E-state index in [0.29, 0.717) is 17.2 Å². The van der Waals surface area contributed by atoms with Crippen molar-refractivity contribution in [3.05, 3.63) is 42.5 Å². The van der Waals surface area contributed by atoms with Crippen LogP contribution < -0.4 is 19.7 Å². The number of hydrogen-bond acceptors (Lipinski definition) is 6. The van der Waals surface area contributed by atoms with Gasteiger partial charge in [-0.25, -0.2) is 8.42 Å². The predicted octanol–water partition coefficient (Wildman–Crippen LogP) is 3.73. The highest BCUT2D eigenvalue weighted by Gasteiger charge is 2.29. The highest BCUT2D eigenvalue weighted by Crippen LogP contribution is 2.31. The van der Waals surface area contributed by atoms with Crippen molar-refractivity contribution in [2.24, 2.45) is 0 Å². The van der Waals surface area contributed by atoms with Crippen molar-refractivity contribution in [1.82, 2.24) is 4.31 Å². The monoisotopic (exact) mass is 475 g/mol. The number of sulfonamides is 1. The lowest BCUT2D eigenvalue weighted by Crippen LogP contribution is -2.38. The number of anilines is 2. The topological polar surface area (TPSA) is 88.2 Å². The van der Waals surface area contributed by atoms with Crippen LogP contribution in [0.3, 0.4) is 0 Å². The molecule has 0 aliphatic heterocycles. The smallest absolute Gasteiger partial charge is 0.243 e. The van der Waals surface area contributed by atoms with Crippen molar-refractivity contribution in [1.29, 1.82) is 0 Å². The van der Waals surface area contributed by atoms with Crippen molar-refractivity contribution in [3.63, 3.8) is 0 Å². The summed E-state index contributed by atoms with van der Waals surface area (Å²) in [5.41, 5.74) is 1.34. The van der Waals surface area contributed by atoms with Gasteiger partial charge in [0.2, 0.25) is 15.9 Å². The molecule has 1 fully saturated rings. The maximum absolute atomic E-state index is 13.0. The number of nitrogens with zero attached hydrogens (tertiary/aromatic N) is 2. The lowest BCUT2D eigenvalue weighted by molar-refractivity contribution is -0.114. The third kappa shape index (κ3) is 5.97. The van der Waals surface area contributed by atoms with E-state index in [9.17, 15) is 13.2 Å². The first kappa shape index (κ1) is 24.9. The lowest BCUT2D eigenvalue weighted by atomic mass is 9.96. The van der Waals surface area contributed by atoms with Gasteiger partial charge in [0.05, 0.1) is 25.7 Å². The molecule has 0 heterocycles. The van der Waals surface area contributed by atoms with Gasteiger partial charge in [-0.05, 0) is 49.2 Å². The Hall–Kier alpha value is -2.78. The number of amides is 1. The fourth-order valence-electron chi connectivity index (χ4n) is 4.09. The zero-order valence-electron chi connectivity index (χ0n) is 19.7. The molecule has 180 valence electrons. The highest BCUT2D eigenvalue weighted by atomic mass is 32.2. The van der Waals surface area contributed by atoms with Crippen LogP contribution in [-0.2, 0) is 14.8 Å². The molecule has 9 heteroatoms. The first-order valence-electron chi connectivity index (χ1n) is 11.1. The molecular formula is C24H33N3O5S. The molecule has 0 bridgehead atoms. The van der Waals surface area contributed by atoms with Crippen molar-refractivity contribution < 1.29 is 22.7 Å². The Kier molecular flexibility index (Phi) is 8.20. The van der Waals surface area contributed by atoms with Gasteiger partial charge in [-0.15, -0.1) is 0 Å². The summed E-state index contributed by atoms with van der Waals surface area (Å²) in [6.45, 7) is 0.111. The third-order valence-electron chi connectivity index (χ3n) is 6.09. The first-order valence-corrected chi connectivity index (χ1v) is 12.5. The van der Waals surface area contributed by atoms with E-state index in [0.717, 1.165) is 31.4 Å². The summed E-state index contributed by atoms with van der Waals surface area (Å²) in [4.78, 5) is 14.6. The van der Waals surface area contributed by atoms with Gasteiger partial charge < -0.3 is 19.7 Å². The summed E-state index contributed by atoms with van der Waals surface area (Å²) >= 11 is 0. The molecule has 3 rings (SSSR count). The van der Waals surface area contributed by atoms with Crippen LogP contribution in [0.25, 0.3) is 0 Å². The number of carbonyl (C=O) groups excluding carboxylic acids is 1. The average Bonchev–Trinajstić information content (AvgIpc) is 2.83. The Morgan fingerprint density at radius 3 is 2.21 bits per heavy atom. The minimum Gasteiger partial charge on any atom is -0.493 e. The van der Waals surface area contributed by atoms with Crippen molar-refractivity contribution in [2.75, 3.05) is 45.1 Å². The SMILES string of the molecule is COc1ccc(N(C)CC(=O)Nc2ccc(S(=O)(=O)N(C)C3CCCCC3)cc2)cc1OC. The number of methoxy groups -OCH3 is 2. The molecule has 2 aromatic carbocycles. The Balaban J connectivity index is 1.61. The second-order valence-electron chi connectivity index (χ2n) is 8.28. The first-order chi connectivity index (χ1) is 15.8. The zero-order chi connectivity index (χ0) is 24.0. The van der Waals surface area contributed by atoms with Gasteiger partial charge in [-0.2, -0.15) is 4.31 Å². The molecule has 0 radical (unpaired) electrons. The van der Waals surface area contributed by atoms with Crippen LogP contribution in [0.15, 0.2) is 47.4 Å². The van der Waals surface area contributed by atoms with Crippen LogP contribution >= 0.6 is 0 Å². The molecule has 0 spiro atoms. The number of likely N-dealkylation sites (N-methyl/N-ethyl adjacent to an activating group) is 1. The van der Waals surface area contributed by atoms with E-state index in [4.69, 9.17) is 9.47 Å². The fraction of sp³-hybridized carbons (Fsp3) is 0.458. The van der Waals surface area contributed by atoms with Gasteiger partial charge in [0.25, 0.3) is 0 Å².